The Balaban J connectivity index is 2.12. The molecule has 1 aliphatic heterocycles. The third kappa shape index (κ3) is 2.24. The van der Waals surface area contributed by atoms with Crippen LogP contribution in [-0.2, 0) is 4.74 Å². The van der Waals surface area contributed by atoms with Crippen LogP contribution in [0, 0.1) is 0 Å². The second-order valence-corrected chi connectivity index (χ2v) is 6.10. The van der Waals surface area contributed by atoms with Gasteiger partial charge < -0.3 is 9.64 Å². The van der Waals surface area contributed by atoms with Crippen LogP contribution in [0.2, 0.25) is 0 Å². The van der Waals surface area contributed by atoms with E-state index in [0.717, 1.165) is 28.7 Å². The molecule has 6 heteroatoms. The van der Waals surface area contributed by atoms with Crippen molar-refractivity contribution in [3.05, 3.63) is 3.92 Å². The molecule has 1 fully saturated rings. The maximum absolute atomic E-state index is 5.63. The highest BCUT2D eigenvalue weighted by Gasteiger charge is 2.28. The van der Waals surface area contributed by atoms with Crippen LogP contribution in [0.15, 0.2) is 3.92 Å². The Labute approximate surface area is 95.4 Å². The molecule has 4 nitrogen and oxygen atoms in total. The highest BCUT2D eigenvalue weighted by Crippen LogP contribution is 2.27. The quantitative estimate of drug-likeness (QED) is 0.786. The number of ether oxygens (including phenoxy) is 1. The zero-order valence-corrected chi connectivity index (χ0v) is 10.6. The first-order chi connectivity index (χ1) is 6.57. The van der Waals surface area contributed by atoms with Crippen LogP contribution in [0.25, 0.3) is 0 Å². The molecule has 0 aromatic carbocycles. The van der Waals surface area contributed by atoms with Gasteiger partial charge in [-0.1, -0.05) is 11.3 Å². The van der Waals surface area contributed by atoms with Crippen molar-refractivity contribution in [3.63, 3.8) is 0 Å². The van der Waals surface area contributed by atoms with Crippen LogP contribution in [0.1, 0.15) is 13.8 Å². The Kier molecular flexibility index (Phi) is 2.77. The summed E-state index contributed by atoms with van der Waals surface area (Å²) in [6.07, 6.45) is 0. The molecule has 0 saturated carbocycles. The molecule has 0 bridgehead atoms. The Hall–Kier alpha value is -0.200. The molecule has 78 valence electrons. The van der Waals surface area contributed by atoms with Crippen molar-refractivity contribution in [2.24, 2.45) is 0 Å². The SMILES string of the molecule is CC1(C)CN(c2nnc(Br)s2)CCO1. The maximum Gasteiger partial charge on any atom is 0.209 e. The third-order valence-corrected chi connectivity index (χ3v) is 3.50. The average Bonchev–Trinajstić information content (AvgIpc) is 2.50. The van der Waals surface area contributed by atoms with Crippen LogP contribution < -0.4 is 4.90 Å². The second-order valence-electron chi connectivity index (χ2n) is 3.87. The summed E-state index contributed by atoms with van der Waals surface area (Å²) in [7, 11) is 0. The summed E-state index contributed by atoms with van der Waals surface area (Å²) in [5, 5.41) is 9.01. The van der Waals surface area contributed by atoms with Crippen LogP contribution in [0.5, 0.6) is 0 Å². The molecule has 14 heavy (non-hydrogen) atoms. The molecule has 0 radical (unpaired) electrons. The van der Waals surface area contributed by atoms with E-state index >= 15 is 0 Å². The fraction of sp³-hybridized carbons (Fsp3) is 0.750. The van der Waals surface area contributed by atoms with E-state index in [-0.39, 0.29) is 5.60 Å². The third-order valence-electron chi connectivity index (χ3n) is 2.09. The number of morpholine rings is 1. The number of rotatable bonds is 1. The van der Waals surface area contributed by atoms with E-state index in [2.05, 4.69) is 44.9 Å². The van der Waals surface area contributed by atoms with Crippen molar-refractivity contribution in [2.45, 2.75) is 19.4 Å². The molecule has 1 aromatic rings. The van der Waals surface area contributed by atoms with Crippen LogP contribution in [0.4, 0.5) is 5.13 Å². The first-order valence-corrected chi connectivity index (χ1v) is 6.06. The zero-order chi connectivity index (χ0) is 10.2. The van der Waals surface area contributed by atoms with E-state index in [1.54, 1.807) is 11.3 Å². The van der Waals surface area contributed by atoms with Crippen LogP contribution >= 0.6 is 27.3 Å². The summed E-state index contributed by atoms with van der Waals surface area (Å²) < 4.78 is 6.46. The highest BCUT2D eigenvalue weighted by molar-refractivity contribution is 9.11. The summed E-state index contributed by atoms with van der Waals surface area (Å²) in [4.78, 5) is 2.21. The molecule has 1 aromatic heterocycles. The molecule has 0 aliphatic carbocycles. The fourth-order valence-corrected chi connectivity index (χ4v) is 2.62. The normalized spacial score (nSPS) is 21.2. The summed E-state index contributed by atoms with van der Waals surface area (Å²) in [5.74, 6) is 0. The van der Waals surface area contributed by atoms with Gasteiger partial charge in [0.05, 0.1) is 12.2 Å². The maximum atomic E-state index is 5.63. The number of halogens is 1. The van der Waals surface area contributed by atoms with Gasteiger partial charge in [0.2, 0.25) is 5.13 Å². The Bertz CT molecular complexity index is 328. The van der Waals surface area contributed by atoms with Crippen LogP contribution in [0.3, 0.4) is 0 Å². The Morgan fingerprint density at radius 3 is 2.86 bits per heavy atom. The predicted octanol–water partition coefficient (Wildman–Crippen LogP) is 1.92. The topological polar surface area (TPSA) is 38.2 Å². The van der Waals surface area contributed by atoms with Gasteiger partial charge >= 0.3 is 0 Å². The Morgan fingerprint density at radius 1 is 1.50 bits per heavy atom. The van der Waals surface area contributed by atoms with Crippen molar-refractivity contribution >= 4 is 32.4 Å². The molecule has 0 spiro atoms. The standard InChI is InChI=1S/C8H12BrN3OS/c1-8(2)5-12(3-4-13-8)7-11-10-6(9)14-7/h3-5H2,1-2H3. The van der Waals surface area contributed by atoms with E-state index < -0.39 is 0 Å². The first-order valence-electron chi connectivity index (χ1n) is 4.45. The molecule has 1 saturated heterocycles. The number of aromatic nitrogens is 2. The van der Waals surface area contributed by atoms with Gasteiger partial charge in [-0.3, -0.25) is 0 Å². The summed E-state index contributed by atoms with van der Waals surface area (Å²) in [5.41, 5.74) is -0.0869. The van der Waals surface area contributed by atoms with Crippen molar-refractivity contribution in [2.75, 3.05) is 24.6 Å². The molecule has 0 N–H and O–H groups in total. The van der Waals surface area contributed by atoms with Gasteiger partial charge in [0.15, 0.2) is 3.92 Å². The van der Waals surface area contributed by atoms with E-state index in [1.807, 2.05) is 0 Å². The molecule has 2 rings (SSSR count). The first kappa shape index (κ1) is 10.3. The molecular formula is C8H12BrN3OS. The van der Waals surface area contributed by atoms with E-state index in [4.69, 9.17) is 4.74 Å². The van der Waals surface area contributed by atoms with Gasteiger partial charge in [-0.15, -0.1) is 10.2 Å². The Morgan fingerprint density at radius 2 is 2.29 bits per heavy atom. The van der Waals surface area contributed by atoms with Crippen molar-refractivity contribution in [3.8, 4) is 0 Å². The summed E-state index contributed by atoms with van der Waals surface area (Å²) in [6, 6.07) is 0. The zero-order valence-electron chi connectivity index (χ0n) is 8.16. The smallest absolute Gasteiger partial charge is 0.209 e. The van der Waals surface area contributed by atoms with Crippen molar-refractivity contribution in [1.82, 2.24) is 10.2 Å². The lowest BCUT2D eigenvalue weighted by Gasteiger charge is -2.37. The lowest BCUT2D eigenvalue weighted by atomic mass is 10.1. The average molecular weight is 278 g/mol. The summed E-state index contributed by atoms with van der Waals surface area (Å²) >= 11 is 4.87. The summed E-state index contributed by atoms with van der Waals surface area (Å²) in [6.45, 7) is 6.70. The van der Waals surface area contributed by atoms with E-state index in [9.17, 15) is 0 Å². The number of hydrogen-bond donors (Lipinski definition) is 0. The van der Waals surface area contributed by atoms with Crippen molar-refractivity contribution < 1.29 is 4.74 Å². The second kappa shape index (κ2) is 3.75. The molecule has 0 amide bonds. The minimum absolute atomic E-state index is 0.0869. The van der Waals surface area contributed by atoms with Gasteiger partial charge in [0.25, 0.3) is 0 Å². The minimum atomic E-state index is -0.0869. The number of anilines is 1. The van der Waals surface area contributed by atoms with Gasteiger partial charge in [0.1, 0.15) is 0 Å². The predicted molar refractivity (Wildman–Crippen MR) is 59.9 cm³/mol. The fourth-order valence-electron chi connectivity index (χ4n) is 1.51. The monoisotopic (exact) mass is 277 g/mol. The highest BCUT2D eigenvalue weighted by atomic mass is 79.9. The molecule has 0 atom stereocenters. The van der Waals surface area contributed by atoms with Gasteiger partial charge in [-0.25, -0.2) is 0 Å². The number of nitrogens with zero attached hydrogens (tertiary/aromatic N) is 3. The van der Waals surface area contributed by atoms with E-state index in [1.165, 1.54) is 0 Å². The molecular weight excluding hydrogens is 266 g/mol. The van der Waals surface area contributed by atoms with E-state index in [0.29, 0.717) is 0 Å². The molecule has 2 heterocycles. The van der Waals surface area contributed by atoms with Crippen LogP contribution in [-0.4, -0.2) is 35.5 Å². The van der Waals surface area contributed by atoms with Gasteiger partial charge in [-0.2, -0.15) is 0 Å². The minimum Gasteiger partial charge on any atom is -0.372 e. The lowest BCUT2D eigenvalue weighted by Crippen LogP contribution is -2.48. The molecule has 0 unspecified atom stereocenters. The van der Waals surface area contributed by atoms with Gasteiger partial charge in [0, 0.05) is 13.1 Å². The largest absolute Gasteiger partial charge is 0.372 e. The number of hydrogen-bond acceptors (Lipinski definition) is 5. The molecule has 1 aliphatic rings. The van der Waals surface area contributed by atoms with Crippen molar-refractivity contribution in [1.29, 1.82) is 0 Å². The van der Waals surface area contributed by atoms with Gasteiger partial charge in [-0.05, 0) is 29.8 Å². The lowest BCUT2D eigenvalue weighted by molar-refractivity contribution is -0.0277.